The Morgan fingerprint density at radius 1 is 0.712 bits per heavy atom. The molecule has 344 valence electrons. The topological polar surface area (TPSA) is 91.2 Å². The zero-order valence-electron chi connectivity index (χ0n) is 38.4. The highest BCUT2D eigenvalue weighted by Gasteiger charge is 2.54. The van der Waals surface area contributed by atoms with E-state index in [4.69, 9.17) is 0 Å². The van der Waals surface area contributed by atoms with Crippen LogP contribution in [0, 0.1) is 5.92 Å². The van der Waals surface area contributed by atoms with Gasteiger partial charge in [0.2, 0.25) is 11.8 Å². The predicted molar refractivity (Wildman–Crippen MR) is 258 cm³/mol. The van der Waals surface area contributed by atoms with E-state index in [1.54, 1.807) is 0 Å². The Labute approximate surface area is 386 Å². The number of aromatic nitrogens is 4. The lowest BCUT2D eigenvalue weighted by Crippen LogP contribution is -2.50. The Bertz CT molecular complexity index is 2690. The summed E-state index contributed by atoms with van der Waals surface area (Å²) in [7, 11) is 0. The van der Waals surface area contributed by atoms with Crippen LogP contribution in [0.5, 0.6) is 0 Å². The second kappa shape index (κ2) is 18.0. The number of piperazine rings is 3. The first-order chi connectivity index (χ1) is 32.3. The molecule has 5 aliphatic rings. The molecule has 4 aromatic heterocycles. The first-order valence-corrected chi connectivity index (χ1v) is 24.5. The van der Waals surface area contributed by atoms with Gasteiger partial charge in [0, 0.05) is 139 Å². The summed E-state index contributed by atoms with van der Waals surface area (Å²) in [5.74, 6) is 0.319. The highest BCUT2D eigenvalue weighted by molar-refractivity contribution is 5.84. The number of piperidine rings is 1. The molecule has 66 heavy (non-hydrogen) atoms. The van der Waals surface area contributed by atoms with Gasteiger partial charge in [0.1, 0.15) is 17.6 Å². The highest BCUT2D eigenvalue weighted by Crippen LogP contribution is 2.42. The van der Waals surface area contributed by atoms with E-state index in [1.807, 2.05) is 22.5 Å². The second-order valence-corrected chi connectivity index (χ2v) is 19.0. The van der Waals surface area contributed by atoms with Gasteiger partial charge in [-0.25, -0.2) is 8.91 Å². The number of alkyl halides is 1. The maximum absolute atomic E-state index is 14.7. The molecule has 5 fully saturated rings. The van der Waals surface area contributed by atoms with Gasteiger partial charge in [0.15, 0.2) is 12.2 Å². The number of halogens is 1. The van der Waals surface area contributed by atoms with E-state index in [2.05, 4.69) is 142 Å². The van der Waals surface area contributed by atoms with Crippen molar-refractivity contribution < 1.29 is 18.7 Å². The molecule has 11 rings (SSSR count). The molecule has 1 saturated carbocycles. The van der Waals surface area contributed by atoms with Crippen molar-refractivity contribution in [3.63, 3.8) is 0 Å². The average Bonchev–Trinajstić information content (AvgIpc) is 3.82. The molecule has 14 heteroatoms. The molecule has 1 N–H and O–H groups in total. The molecule has 0 radical (unpaired) electrons. The molecule has 6 aromatic rings. The fourth-order valence-corrected chi connectivity index (χ4v) is 11.1. The number of carbonyl (C=O) groups is 2. The summed E-state index contributed by atoms with van der Waals surface area (Å²) in [5, 5.41) is 7.81. The molecule has 0 spiro atoms. The molecular formula is C52H63FN11O2+. The van der Waals surface area contributed by atoms with E-state index in [1.165, 1.54) is 11.3 Å². The van der Waals surface area contributed by atoms with Crippen LogP contribution in [0.2, 0.25) is 0 Å². The van der Waals surface area contributed by atoms with E-state index in [0.717, 1.165) is 136 Å². The van der Waals surface area contributed by atoms with Crippen LogP contribution in [0.25, 0.3) is 33.3 Å². The largest absolute Gasteiger partial charge is 0.369 e. The van der Waals surface area contributed by atoms with Gasteiger partial charge in [-0.2, -0.15) is 5.10 Å². The molecule has 0 bridgehead atoms. The predicted octanol–water partition coefficient (Wildman–Crippen LogP) is 5.73. The summed E-state index contributed by atoms with van der Waals surface area (Å²) in [6, 6.07) is 26.3. The summed E-state index contributed by atoms with van der Waals surface area (Å²) >= 11 is 0. The Kier molecular flexibility index (Phi) is 11.6. The van der Waals surface area contributed by atoms with Crippen LogP contribution in [0.3, 0.4) is 0 Å². The molecule has 4 atom stereocenters. The first-order valence-electron chi connectivity index (χ1n) is 24.5. The van der Waals surface area contributed by atoms with Gasteiger partial charge in [-0.1, -0.05) is 50.2 Å². The molecule has 2 aromatic carbocycles. The Morgan fingerprint density at radius 3 is 2.03 bits per heavy atom. The van der Waals surface area contributed by atoms with Gasteiger partial charge in [-0.15, -0.1) is 9.20 Å². The van der Waals surface area contributed by atoms with Crippen molar-refractivity contribution in [1.29, 1.82) is 0 Å². The zero-order valence-corrected chi connectivity index (χ0v) is 38.4. The number of nitrogens with zero attached hydrogens (tertiary/aromatic N) is 10. The summed E-state index contributed by atoms with van der Waals surface area (Å²) in [6.07, 6.45) is 9.64. The summed E-state index contributed by atoms with van der Waals surface area (Å²) in [4.78, 5) is 40.7. The van der Waals surface area contributed by atoms with Gasteiger partial charge >= 0.3 is 0 Å². The Balaban J connectivity index is 0.786. The molecule has 4 saturated heterocycles. The quantitative estimate of drug-likeness (QED) is 0.175. The number of benzene rings is 2. The number of fused-ring (bicyclic) bond motifs is 2. The monoisotopic (exact) mass is 893 g/mol. The number of carbonyl (C=O) groups excluding carboxylic acids is 2. The van der Waals surface area contributed by atoms with E-state index < -0.39 is 6.17 Å². The van der Waals surface area contributed by atoms with E-state index in [0.29, 0.717) is 26.1 Å². The third kappa shape index (κ3) is 8.16. The van der Waals surface area contributed by atoms with Gasteiger partial charge < -0.3 is 34.7 Å². The third-order valence-corrected chi connectivity index (χ3v) is 15.3. The van der Waals surface area contributed by atoms with Crippen molar-refractivity contribution in [2.75, 3.05) is 113 Å². The number of rotatable bonds is 10. The van der Waals surface area contributed by atoms with E-state index in [-0.39, 0.29) is 29.7 Å². The summed E-state index contributed by atoms with van der Waals surface area (Å²) in [5.41, 5.74) is 11.3. The lowest BCUT2D eigenvalue weighted by atomic mass is 9.88. The Hall–Kier alpha value is -5.99. The number of anilines is 3. The van der Waals surface area contributed by atoms with Crippen LogP contribution >= 0.6 is 0 Å². The smallest absolute Gasteiger partial charge is 0.232 e. The van der Waals surface area contributed by atoms with Gasteiger partial charge in [-0.05, 0) is 66.5 Å². The lowest BCUT2D eigenvalue weighted by Gasteiger charge is -2.36. The summed E-state index contributed by atoms with van der Waals surface area (Å²) < 4.78 is 21.2. The minimum absolute atomic E-state index is 0.0594. The molecule has 2 amide bonds. The van der Waals surface area contributed by atoms with Gasteiger partial charge in [-0.3, -0.25) is 9.59 Å². The highest BCUT2D eigenvalue weighted by atomic mass is 19.1. The second-order valence-electron chi connectivity index (χ2n) is 19.0. The maximum atomic E-state index is 14.7. The fourth-order valence-electron chi connectivity index (χ4n) is 11.1. The molecular weight excluding hydrogens is 830 g/mol. The molecule has 4 unspecified atom stereocenters. The molecule has 8 heterocycles. The normalized spacial score (nSPS) is 23.0. The number of amides is 2. The van der Waals surface area contributed by atoms with Crippen molar-refractivity contribution in [3.8, 4) is 22.3 Å². The maximum Gasteiger partial charge on any atom is 0.232 e. The number of hydrogen-bond donors (Lipinski definition) is 1. The SMILES string of the molecule is CCC(=O)N1CCN(c2cc[n+](C3CC3C(=O)N3CCN(c4ccnn5cc(-c6ccc(C7CCNCC7F)cc6)cc45)CC3)n3cc(-c4ccc(N5CCN(CC)CC5)cc4)cc23)CC1. The minimum Gasteiger partial charge on any atom is -0.369 e. The van der Waals surface area contributed by atoms with Crippen LogP contribution in [0.1, 0.15) is 50.6 Å². The van der Waals surface area contributed by atoms with Crippen LogP contribution < -0.4 is 24.7 Å². The van der Waals surface area contributed by atoms with Crippen molar-refractivity contribution in [2.45, 2.75) is 51.2 Å². The third-order valence-electron chi connectivity index (χ3n) is 15.3. The molecule has 4 aliphatic heterocycles. The van der Waals surface area contributed by atoms with Gasteiger partial charge in [0.05, 0.1) is 23.1 Å². The molecule has 1 aliphatic carbocycles. The summed E-state index contributed by atoms with van der Waals surface area (Å²) in [6.45, 7) is 16.7. The van der Waals surface area contributed by atoms with Crippen molar-refractivity contribution >= 4 is 39.9 Å². The fraction of sp³-hybridized carbons (Fsp3) is 0.462. The lowest BCUT2D eigenvalue weighted by molar-refractivity contribution is -0.768. The Morgan fingerprint density at radius 2 is 1.35 bits per heavy atom. The van der Waals surface area contributed by atoms with E-state index in [9.17, 15) is 14.0 Å². The van der Waals surface area contributed by atoms with Crippen molar-refractivity contribution in [3.05, 3.63) is 103 Å². The van der Waals surface area contributed by atoms with Crippen LogP contribution in [0.15, 0.2) is 97.6 Å². The van der Waals surface area contributed by atoms with Crippen LogP contribution in [-0.2, 0) is 9.59 Å². The number of nitrogens with one attached hydrogen (secondary N) is 1. The number of likely N-dealkylation sites (N-methyl/N-ethyl adjacent to an activating group) is 1. The standard InChI is InChI=1S/C52H63FN11O2/c1-3-51(65)60-27-23-59(24-28-60)47-15-18-63(64-36-41(32-50(47)64)38-9-11-42(12-10-38)57-21-19-56(4-2)20-22-57)48-33-44(48)52(66)61-29-25-58(26-30-61)46-14-17-55-62-35-40(31-49(46)62)37-5-7-39(8-6-37)43-13-16-54-34-45(43)53/h5-12,14-15,17-18,31-32,35-36,43-45,48,54H,3-4,13,16,19-30,33-34H2,1-2H3/q+1. The first kappa shape index (κ1) is 42.6. The van der Waals surface area contributed by atoms with Gasteiger partial charge in [0.25, 0.3) is 0 Å². The van der Waals surface area contributed by atoms with E-state index >= 15 is 0 Å². The average molecular weight is 893 g/mol. The van der Waals surface area contributed by atoms with Crippen LogP contribution in [0.4, 0.5) is 21.5 Å². The number of hydrogen-bond acceptors (Lipinski definition) is 8. The minimum atomic E-state index is -0.860. The van der Waals surface area contributed by atoms with Crippen molar-refractivity contribution in [1.82, 2.24) is 34.1 Å². The van der Waals surface area contributed by atoms with Crippen LogP contribution in [-0.4, -0.2) is 145 Å². The van der Waals surface area contributed by atoms with Crippen molar-refractivity contribution in [2.24, 2.45) is 5.92 Å². The molecule has 13 nitrogen and oxygen atoms in total. The zero-order chi connectivity index (χ0) is 44.9.